The number of hydrogen-bond acceptors (Lipinski definition) is 8. The van der Waals surface area contributed by atoms with Crippen molar-refractivity contribution in [3.63, 3.8) is 0 Å². The van der Waals surface area contributed by atoms with Gasteiger partial charge >= 0.3 is 0 Å². The number of nitrogen functional groups attached to an aromatic ring is 1. The van der Waals surface area contributed by atoms with Crippen molar-refractivity contribution in [1.82, 2.24) is 5.32 Å². The Morgan fingerprint density at radius 1 is 1.19 bits per heavy atom. The second-order valence-corrected chi connectivity index (χ2v) is 7.49. The van der Waals surface area contributed by atoms with Crippen LogP contribution in [-0.4, -0.2) is 50.0 Å². The maximum absolute atomic E-state index is 11.4. The summed E-state index contributed by atoms with van der Waals surface area (Å²) in [6, 6.07) is 7.51. The van der Waals surface area contributed by atoms with Gasteiger partial charge in [-0.2, -0.15) is 0 Å². The number of ether oxygens (including phenoxy) is 3. The molecule has 0 fully saturated rings. The third-order valence-electron chi connectivity index (χ3n) is 5.40. The fourth-order valence-electron chi connectivity index (χ4n) is 3.82. The number of methoxy groups -OCH3 is 2. The van der Waals surface area contributed by atoms with Gasteiger partial charge in [0.1, 0.15) is 18.5 Å². The molecular weight excluding hydrogens is 438 g/mol. The molecule has 2 aromatic rings. The molecular formula is C22H30ClN3O6. The summed E-state index contributed by atoms with van der Waals surface area (Å²) in [4.78, 5) is 11.0. The van der Waals surface area contributed by atoms with E-state index >= 15 is 0 Å². The van der Waals surface area contributed by atoms with Crippen LogP contribution in [0.5, 0.6) is 17.2 Å². The number of nitrogens with zero attached hydrogens (tertiary/aromatic N) is 1. The van der Waals surface area contributed by atoms with Gasteiger partial charge < -0.3 is 30.4 Å². The Labute approximate surface area is 193 Å². The molecule has 0 radical (unpaired) electrons. The first kappa shape index (κ1) is 25.5. The smallest absolute Gasteiger partial charge is 0.299 e. The van der Waals surface area contributed by atoms with Crippen molar-refractivity contribution in [1.29, 1.82) is 0 Å². The zero-order valence-corrected chi connectivity index (χ0v) is 19.1. The van der Waals surface area contributed by atoms with Crippen LogP contribution in [0, 0.1) is 10.1 Å². The van der Waals surface area contributed by atoms with E-state index in [-0.39, 0.29) is 36.1 Å². The number of anilines is 1. The first-order valence-corrected chi connectivity index (χ1v) is 10.3. The lowest BCUT2D eigenvalue weighted by molar-refractivity contribution is -0.384. The Balaban J connectivity index is 0.00000363. The van der Waals surface area contributed by atoms with E-state index in [1.807, 2.05) is 18.2 Å². The maximum Gasteiger partial charge on any atom is 0.299 e. The largest absolute Gasteiger partial charge is 0.493 e. The highest BCUT2D eigenvalue weighted by atomic mass is 35.5. The summed E-state index contributed by atoms with van der Waals surface area (Å²) < 4.78 is 16.2. The Bertz CT molecular complexity index is 940. The molecule has 0 saturated heterocycles. The highest BCUT2D eigenvalue weighted by Gasteiger charge is 2.28. The standard InChI is InChI=1S/C22H29N3O6.ClH/c1-29-18-7-6-14(10-19(18)30-2)8-9-24-12-16(26)13-31-20-11-15-4-3-5-17(15)22(21(20)23)25(27)28;/h6-7,10-11,16,24,26H,3-5,8-9,12-13,23H2,1-2H3;1H. The van der Waals surface area contributed by atoms with E-state index in [1.54, 1.807) is 20.3 Å². The molecule has 0 aromatic heterocycles. The molecule has 0 spiro atoms. The summed E-state index contributed by atoms with van der Waals surface area (Å²) in [6.45, 7) is 0.961. The van der Waals surface area contributed by atoms with Crippen LogP contribution in [0.2, 0.25) is 0 Å². The summed E-state index contributed by atoms with van der Waals surface area (Å²) in [6.07, 6.45) is 2.26. The first-order valence-electron chi connectivity index (χ1n) is 10.3. The van der Waals surface area contributed by atoms with Crippen molar-refractivity contribution < 1.29 is 24.2 Å². The van der Waals surface area contributed by atoms with Gasteiger partial charge in [-0.1, -0.05) is 6.07 Å². The van der Waals surface area contributed by atoms with Gasteiger partial charge in [-0.05, 0) is 61.6 Å². The van der Waals surface area contributed by atoms with Crippen molar-refractivity contribution in [2.75, 3.05) is 39.6 Å². The van der Waals surface area contributed by atoms with E-state index in [1.165, 1.54) is 0 Å². The zero-order chi connectivity index (χ0) is 22.4. The summed E-state index contributed by atoms with van der Waals surface area (Å²) in [5.74, 6) is 1.61. The molecule has 2 aromatic carbocycles. The Hall–Kier alpha value is -2.75. The molecule has 1 atom stereocenters. The van der Waals surface area contributed by atoms with Gasteiger partial charge in [-0.3, -0.25) is 10.1 Å². The van der Waals surface area contributed by atoms with Gasteiger partial charge in [0.05, 0.1) is 19.1 Å². The number of nitro groups is 1. The lowest BCUT2D eigenvalue weighted by atomic mass is 10.1. The number of fused-ring (bicyclic) bond motifs is 1. The van der Waals surface area contributed by atoms with Gasteiger partial charge in [-0.25, -0.2) is 0 Å². The van der Waals surface area contributed by atoms with Crippen molar-refractivity contribution >= 4 is 23.8 Å². The number of benzene rings is 2. The van der Waals surface area contributed by atoms with Crippen LogP contribution in [0.1, 0.15) is 23.1 Å². The molecule has 9 nitrogen and oxygen atoms in total. The minimum Gasteiger partial charge on any atom is -0.493 e. The van der Waals surface area contributed by atoms with Crippen LogP contribution in [-0.2, 0) is 19.3 Å². The summed E-state index contributed by atoms with van der Waals surface area (Å²) >= 11 is 0. The van der Waals surface area contributed by atoms with Crippen LogP contribution in [0.15, 0.2) is 24.3 Å². The molecule has 32 heavy (non-hydrogen) atoms. The Morgan fingerprint density at radius 2 is 1.94 bits per heavy atom. The quantitative estimate of drug-likeness (QED) is 0.199. The van der Waals surface area contributed by atoms with E-state index in [0.29, 0.717) is 36.6 Å². The van der Waals surface area contributed by atoms with Crippen molar-refractivity contribution in [3.05, 3.63) is 51.1 Å². The van der Waals surface area contributed by atoms with Gasteiger partial charge in [0.25, 0.3) is 5.69 Å². The average molecular weight is 468 g/mol. The SMILES string of the molecule is COc1ccc(CCNCC(O)COc2cc3c(c([N+](=O)[O-])c2N)CCC3)cc1OC.Cl. The summed E-state index contributed by atoms with van der Waals surface area (Å²) in [5.41, 5.74) is 8.64. The fraction of sp³-hybridized carbons (Fsp3) is 0.455. The molecule has 0 saturated carbocycles. The van der Waals surface area contributed by atoms with E-state index in [2.05, 4.69) is 5.32 Å². The third kappa shape index (κ3) is 5.93. The number of halogens is 1. The van der Waals surface area contributed by atoms with E-state index in [0.717, 1.165) is 30.4 Å². The zero-order valence-electron chi connectivity index (χ0n) is 18.3. The Kier molecular flexibility index (Phi) is 9.37. The molecule has 10 heteroatoms. The molecule has 4 N–H and O–H groups in total. The molecule has 0 bridgehead atoms. The molecule has 1 aliphatic rings. The molecule has 0 aliphatic heterocycles. The monoisotopic (exact) mass is 467 g/mol. The second kappa shape index (κ2) is 11.8. The normalized spacial score (nSPS) is 13.1. The third-order valence-corrected chi connectivity index (χ3v) is 5.40. The number of hydrogen-bond donors (Lipinski definition) is 3. The van der Waals surface area contributed by atoms with Gasteiger partial charge in [0, 0.05) is 12.1 Å². The molecule has 0 amide bonds. The molecule has 176 valence electrons. The van der Waals surface area contributed by atoms with E-state index in [4.69, 9.17) is 19.9 Å². The molecule has 0 heterocycles. The minimum atomic E-state index is -0.780. The van der Waals surface area contributed by atoms with Gasteiger partial charge in [-0.15, -0.1) is 12.4 Å². The number of rotatable bonds is 11. The van der Waals surface area contributed by atoms with Crippen LogP contribution < -0.4 is 25.3 Å². The number of nitrogens with one attached hydrogen (secondary N) is 1. The molecule has 1 unspecified atom stereocenters. The highest BCUT2D eigenvalue weighted by molar-refractivity contribution is 5.85. The van der Waals surface area contributed by atoms with Crippen LogP contribution in [0.25, 0.3) is 0 Å². The van der Waals surface area contributed by atoms with Crippen LogP contribution in [0.4, 0.5) is 11.4 Å². The molecule has 3 rings (SSSR count). The summed E-state index contributed by atoms with van der Waals surface area (Å²) in [7, 11) is 3.19. The number of nitrogens with two attached hydrogens (primary N) is 1. The average Bonchev–Trinajstić information content (AvgIpc) is 3.22. The predicted octanol–water partition coefficient (Wildman–Crippen LogP) is 2.68. The predicted molar refractivity (Wildman–Crippen MR) is 124 cm³/mol. The first-order chi connectivity index (χ1) is 14.9. The molecule has 1 aliphatic carbocycles. The van der Waals surface area contributed by atoms with Crippen LogP contribution in [0.3, 0.4) is 0 Å². The van der Waals surface area contributed by atoms with Gasteiger partial charge in [0.15, 0.2) is 17.2 Å². The lowest BCUT2D eigenvalue weighted by Gasteiger charge is -2.16. The fourth-order valence-corrected chi connectivity index (χ4v) is 3.82. The maximum atomic E-state index is 11.4. The van der Waals surface area contributed by atoms with E-state index < -0.39 is 11.0 Å². The number of aliphatic hydroxyl groups excluding tert-OH is 1. The lowest BCUT2D eigenvalue weighted by Crippen LogP contribution is -2.32. The number of aryl methyl sites for hydroxylation is 1. The van der Waals surface area contributed by atoms with E-state index in [9.17, 15) is 15.2 Å². The number of aliphatic hydroxyl groups is 1. The minimum absolute atomic E-state index is 0. The summed E-state index contributed by atoms with van der Waals surface area (Å²) in [5, 5.41) is 24.8. The second-order valence-electron chi connectivity index (χ2n) is 7.49. The van der Waals surface area contributed by atoms with Crippen LogP contribution >= 0.6 is 12.4 Å². The van der Waals surface area contributed by atoms with Crippen molar-refractivity contribution in [2.24, 2.45) is 0 Å². The van der Waals surface area contributed by atoms with Crippen molar-refractivity contribution in [2.45, 2.75) is 31.8 Å². The topological polar surface area (TPSA) is 129 Å². The Morgan fingerprint density at radius 3 is 2.62 bits per heavy atom. The van der Waals surface area contributed by atoms with Gasteiger partial charge in [0.2, 0.25) is 0 Å². The van der Waals surface area contributed by atoms with Crippen molar-refractivity contribution in [3.8, 4) is 17.2 Å². The highest BCUT2D eigenvalue weighted by Crippen LogP contribution is 2.41. The number of nitro benzene ring substituents is 1.